The van der Waals surface area contributed by atoms with Gasteiger partial charge in [-0.3, -0.25) is 9.59 Å². The van der Waals surface area contributed by atoms with E-state index in [-0.39, 0.29) is 23.9 Å². The maximum absolute atomic E-state index is 12.7. The van der Waals surface area contributed by atoms with E-state index >= 15 is 0 Å². The monoisotopic (exact) mass is 298 g/mol. The number of carbonyl (C=O) groups excluding carboxylic acids is 2. The third-order valence-corrected chi connectivity index (χ3v) is 5.48. The highest BCUT2D eigenvalue weighted by Gasteiger charge is 2.40. The van der Waals surface area contributed by atoms with Gasteiger partial charge in [-0.05, 0) is 37.4 Å². The Kier molecular flexibility index (Phi) is 5.35. The zero-order valence-corrected chi connectivity index (χ0v) is 13.5. The molecule has 0 aromatic rings. The fraction of sp³-hybridized carbons (Fsp3) is 0.867. The summed E-state index contributed by atoms with van der Waals surface area (Å²) in [7, 11) is 0. The molecule has 0 aliphatic carbocycles. The summed E-state index contributed by atoms with van der Waals surface area (Å²) in [5.41, 5.74) is 0. The zero-order chi connectivity index (χ0) is 14.7. The van der Waals surface area contributed by atoms with Crippen molar-refractivity contribution in [1.29, 1.82) is 0 Å². The molecule has 3 unspecified atom stereocenters. The van der Waals surface area contributed by atoms with Crippen LogP contribution in [0.3, 0.4) is 0 Å². The molecule has 2 rings (SSSR count). The molecule has 3 atom stereocenters. The number of nitrogens with zero attached hydrogens (tertiary/aromatic N) is 1. The van der Waals surface area contributed by atoms with Gasteiger partial charge in [0.05, 0.1) is 0 Å². The molecule has 0 aromatic heterocycles. The number of hydrogen-bond donors (Lipinski definition) is 1. The molecule has 2 heterocycles. The fourth-order valence-electron chi connectivity index (χ4n) is 3.09. The summed E-state index contributed by atoms with van der Waals surface area (Å²) < 4.78 is 0. The summed E-state index contributed by atoms with van der Waals surface area (Å²) in [5, 5.41) is 3.43. The Labute approximate surface area is 126 Å². The summed E-state index contributed by atoms with van der Waals surface area (Å²) in [6.45, 7) is 6.89. The van der Waals surface area contributed by atoms with Crippen LogP contribution < -0.4 is 5.32 Å². The number of hydrogen-bond acceptors (Lipinski definition) is 3. The van der Waals surface area contributed by atoms with Crippen LogP contribution in [0.2, 0.25) is 0 Å². The molecule has 5 heteroatoms. The molecule has 0 saturated carbocycles. The Bertz CT molecular complexity index is 367. The largest absolute Gasteiger partial charge is 0.342 e. The first-order chi connectivity index (χ1) is 9.52. The van der Waals surface area contributed by atoms with Gasteiger partial charge in [-0.15, -0.1) is 0 Å². The molecule has 2 aliphatic rings. The van der Waals surface area contributed by atoms with Gasteiger partial charge in [0, 0.05) is 11.8 Å². The number of carbonyl (C=O) groups is 2. The lowest BCUT2D eigenvalue weighted by molar-refractivity contribution is -0.149. The molecule has 0 aromatic carbocycles. The summed E-state index contributed by atoms with van der Waals surface area (Å²) in [6, 6.07) is -0.594. The Morgan fingerprint density at radius 1 is 1.40 bits per heavy atom. The number of rotatable bonds is 5. The molecule has 1 N–H and O–H groups in total. The Morgan fingerprint density at radius 2 is 2.15 bits per heavy atom. The first kappa shape index (κ1) is 15.7. The molecule has 114 valence electrons. The lowest BCUT2D eigenvalue weighted by Crippen LogP contribution is -2.64. The van der Waals surface area contributed by atoms with Crippen molar-refractivity contribution in [2.75, 3.05) is 12.3 Å². The molecule has 0 spiro atoms. The summed E-state index contributed by atoms with van der Waals surface area (Å²) in [4.78, 5) is 26.8. The van der Waals surface area contributed by atoms with Gasteiger partial charge in [0.2, 0.25) is 11.8 Å². The van der Waals surface area contributed by atoms with Crippen LogP contribution in [-0.4, -0.2) is 46.3 Å². The molecule has 4 nitrogen and oxygen atoms in total. The standard InChI is InChI=1S/C15H26N2O2S/c1-4-13-14(18)16-12(8-10(2)3)15(19)17(13)9-11-6-5-7-20-11/h10-13H,4-9H2,1-3H3,(H,16,18). The van der Waals surface area contributed by atoms with Gasteiger partial charge in [0.1, 0.15) is 12.1 Å². The second-order valence-electron chi connectivity index (χ2n) is 6.24. The van der Waals surface area contributed by atoms with E-state index < -0.39 is 0 Å². The molecule has 2 saturated heterocycles. The van der Waals surface area contributed by atoms with Crippen LogP contribution in [0.1, 0.15) is 46.5 Å². The Morgan fingerprint density at radius 3 is 2.70 bits per heavy atom. The average Bonchev–Trinajstić information content (AvgIpc) is 2.88. The normalized spacial score (nSPS) is 31.0. The van der Waals surface area contributed by atoms with Crippen molar-refractivity contribution in [1.82, 2.24) is 10.2 Å². The quantitative estimate of drug-likeness (QED) is 0.845. The van der Waals surface area contributed by atoms with E-state index in [9.17, 15) is 9.59 Å². The van der Waals surface area contributed by atoms with Gasteiger partial charge >= 0.3 is 0 Å². The topological polar surface area (TPSA) is 49.4 Å². The minimum Gasteiger partial charge on any atom is -0.342 e. The smallest absolute Gasteiger partial charge is 0.245 e. The summed E-state index contributed by atoms with van der Waals surface area (Å²) in [5.74, 6) is 1.74. The van der Waals surface area contributed by atoms with Gasteiger partial charge in [-0.1, -0.05) is 20.8 Å². The number of amides is 2. The highest BCUT2D eigenvalue weighted by atomic mass is 32.2. The van der Waals surface area contributed by atoms with Crippen LogP contribution >= 0.6 is 11.8 Å². The minimum absolute atomic E-state index is 0.0285. The van der Waals surface area contributed by atoms with Crippen molar-refractivity contribution in [3.8, 4) is 0 Å². The van der Waals surface area contributed by atoms with E-state index in [1.165, 1.54) is 18.6 Å². The van der Waals surface area contributed by atoms with Gasteiger partial charge in [-0.25, -0.2) is 0 Å². The maximum atomic E-state index is 12.7. The predicted octanol–water partition coefficient (Wildman–Crippen LogP) is 2.03. The lowest BCUT2D eigenvalue weighted by atomic mass is 9.97. The van der Waals surface area contributed by atoms with E-state index in [4.69, 9.17) is 0 Å². The minimum atomic E-state index is -0.322. The molecule has 2 fully saturated rings. The SMILES string of the molecule is CCC1C(=O)NC(CC(C)C)C(=O)N1CC1CCCS1. The third kappa shape index (κ3) is 3.48. The maximum Gasteiger partial charge on any atom is 0.245 e. The van der Waals surface area contributed by atoms with E-state index in [1.807, 2.05) is 23.6 Å². The first-order valence-electron chi connectivity index (χ1n) is 7.75. The second kappa shape index (κ2) is 6.83. The Balaban J connectivity index is 2.09. The van der Waals surface area contributed by atoms with Crippen LogP contribution in [0.5, 0.6) is 0 Å². The number of nitrogens with one attached hydrogen (secondary N) is 1. The van der Waals surface area contributed by atoms with Crippen molar-refractivity contribution in [2.45, 2.75) is 63.8 Å². The molecule has 2 aliphatic heterocycles. The van der Waals surface area contributed by atoms with Crippen LogP contribution in [0.25, 0.3) is 0 Å². The van der Waals surface area contributed by atoms with Crippen molar-refractivity contribution >= 4 is 23.6 Å². The van der Waals surface area contributed by atoms with Crippen molar-refractivity contribution in [2.24, 2.45) is 5.92 Å². The molecule has 0 bridgehead atoms. The van der Waals surface area contributed by atoms with Crippen molar-refractivity contribution in [3.05, 3.63) is 0 Å². The Hall–Kier alpha value is -0.710. The lowest BCUT2D eigenvalue weighted by Gasteiger charge is -2.40. The zero-order valence-electron chi connectivity index (χ0n) is 12.7. The predicted molar refractivity (Wildman–Crippen MR) is 82.7 cm³/mol. The van der Waals surface area contributed by atoms with Gasteiger partial charge in [0.25, 0.3) is 0 Å². The average molecular weight is 298 g/mol. The molecule has 20 heavy (non-hydrogen) atoms. The van der Waals surface area contributed by atoms with E-state index in [1.54, 1.807) is 0 Å². The summed E-state index contributed by atoms with van der Waals surface area (Å²) >= 11 is 1.94. The highest BCUT2D eigenvalue weighted by molar-refractivity contribution is 8.00. The molecular formula is C15H26N2O2S. The van der Waals surface area contributed by atoms with Gasteiger partial charge in [0.15, 0.2) is 0 Å². The van der Waals surface area contributed by atoms with Crippen LogP contribution in [-0.2, 0) is 9.59 Å². The number of thioether (sulfide) groups is 1. The van der Waals surface area contributed by atoms with E-state index in [0.717, 1.165) is 13.0 Å². The van der Waals surface area contributed by atoms with E-state index in [2.05, 4.69) is 19.2 Å². The molecular weight excluding hydrogens is 272 g/mol. The first-order valence-corrected chi connectivity index (χ1v) is 8.80. The molecule has 2 amide bonds. The van der Waals surface area contributed by atoms with Crippen molar-refractivity contribution < 1.29 is 9.59 Å². The van der Waals surface area contributed by atoms with Gasteiger partial charge in [-0.2, -0.15) is 11.8 Å². The van der Waals surface area contributed by atoms with Crippen LogP contribution in [0.4, 0.5) is 0 Å². The third-order valence-electron chi connectivity index (χ3n) is 4.09. The summed E-state index contributed by atoms with van der Waals surface area (Å²) in [6.07, 6.45) is 3.83. The van der Waals surface area contributed by atoms with Crippen molar-refractivity contribution in [3.63, 3.8) is 0 Å². The molecule has 0 radical (unpaired) electrons. The van der Waals surface area contributed by atoms with E-state index in [0.29, 0.717) is 17.6 Å². The fourth-order valence-corrected chi connectivity index (χ4v) is 4.35. The number of piperazine rings is 1. The van der Waals surface area contributed by atoms with Gasteiger partial charge < -0.3 is 10.2 Å². The van der Waals surface area contributed by atoms with Crippen LogP contribution in [0, 0.1) is 5.92 Å². The second-order valence-corrected chi connectivity index (χ2v) is 7.65. The van der Waals surface area contributed by atoms with Crippen LogP contribution in [0.15, 0.2) is 0 Å². The highest BCUT2D eigenvalue weighted by Crippen LogP contribution is 2.29.